The van der Waals surface area contributed by atoms with Gasteiger partial charge in [-0.1, -0.05) is 19.1 Å². The SMILES string of the molecule is CC(=O)Nc1ccccc1C(=O)N[C@@H](C(=O)O)[C@@H](C)CC#N. The molecular weight excluding hydrogens is 286 g/mol. The number of aliphatic carboxylic acids is 1. The van der Waals surface area contributed by atoms with Crippen LogP contribution in [-0.2, 0) is 9.59 Å². The highest BCUT2D eigenvalue weighted by Gasteiger charge is 2.27. The molecule has 1 aromatic rings. The number of carboxylic acid groups (broad SMARTS) is 1. The minimum Gasteiger partial charge on any atom is -0.480 e. The maximum atomic E-state index is 12.3. The standard InChI is InChI=1S/C15H17N3O4/c1-9(7-8-16)13(15(21)22)18-14(20)11-5-3-4-6-12(11)17-10(2)19/h3-6,9,13H,7H2,1-2H3,(H,17,19)(H,18,20)(H,21,22)/t9-,13+/m0/s1. The van der Waals surface area contributed by atoms with Crippen molar-refractivity contribution < 1.29 is 19.5 Å². The van der Waals surface area contributed by atoms with Gasteiger partial charge in [-0.2, -0.15) is 5.26 Å². The van der Waals surface area contributed by atoms with E-state index < -0.39 is 23.8 Å². The summed E-state index contributed by atoms with van der Waals surface area (Å²) in [6.45, 7) is 2.88. The van der Waals surface area contributed by atoms with Crippen molar-refractivity contribution in [1.29, 1.82) is 5.26 Å². The quantitative estimate of drug-likeness (QED) is 0.733. The highest BCUT2D eigenvalue weighted by atomic mass is 16.4. The molecule has 1 aromatic carbocycles. The van der Waals surface area contributed by atoms with E-state index in [1.54, 1.807) is 25.1 Å². The van der Waals surface area contributed by atoms with Crippen LogP contribution in [0.3, 0.4) is 0 Å². The predicted octanol–water partition coefficient (Wildman–Crippen LogP) is 1.38. The number of benzene rings is 1. The Hall–Kier alpha value is -2.88. The molecule has 0 aliphatic carbocycles. The van der Waals surface area contributed by atoms with Gasteiger partial charge in [-0.25, -0.2) is 4.79 Å². The molecule has 0 fully saturated rings. The van der Waals surface area contributed by atoms with Crippen LogP contribution in [0.2, 0.25) is 0 Å². The van der Waals surface area contributed by atoms with Gasteiger partial charge in [-0.05, 0) is 12.1 Å². The van der Waals surface area contributed by atoms with Crippen LogP contribution in [-0.4, -0.2) is 28.9 Å². The lowest BCUT2D eigenvalue weighted by Crippen LogP contribution is -2.45. The Morgan fingerprint density at radius 1 is 1.32 bits per heavy atom. The van der Waals surface area contributed by atoms with Gasteiger partial charge >= 0.3 is 5.97 Å². The first-order chi connectivity index (χ1) is 10.4. The average molecular weight is 303 g/mol. The van der Waals surface area contributed by atoms with Crippen molar-refractivity contribution in [1.82, 2.24) is 5.32 Å². The monoisotopic (exact) mass is 303 g/mol. The number of hydrogen-bond acceptors (Lipinski definition) is 4. The maximum Gasteiger partial charge on any atom is 0.326 e. The van der Waals surface area contributed by atoms with E-state index in [-0.39, 0.29) is 17.9 Å². The first-order valence-corrected chi connectivity index (χ1v) is 6.64. The van der Waals surface area contributed by atoms with Gasteiger partial charge in [-0.15, -0.1) is 0 Å². The minimum absolute atomic E-state index is 0.00455. The Balaban J connectivity index is 2.98. The topological polar surface area (TPSA) is 119 Å². The van der Waals surface area contributed by atoms with Crippen molar-refractivity contribution in [2.75, 3.05) is 5.32 Å². The second-order valence-corrected chi connectivity index (χ2v) is 4.86. The number of nitriles is 1. The maximum absolute atomic E-state index is 12.3. The molecule has 0 saturated heterocycles. The molecule has 1 rings (SSSR count). The van der Waals surface area contributed by atoms with Gasteiger partial charge in [0.25, 0.3) is 5.91 Å². The molecule has 0 bridgehead atoms. The fourth-order valence-corrected chi connectivity index (χ4v) is 1.91. The molecule has 116 valence electrons. The van der Waals surface area contributed by atoms with Gasteiger partial charge in [0, 0.05) is 19.3 Å². The highest BCUT2D eigenvalue weighted by Crippen LogP contribution is 2.16. The molecule has 0 unspecified atom stereocenters. The normalized spacial score (nSPS) is 12.6. The van der Waals surface area contributed by atoms with E-state index in [0.717, 1.165) is 0 Å². The van der Waals surface area contributed by atoms with E-state index in [9.17, 15) is 19.5 Å². The molecule has 0 aliphatic rings. The Morgan fingerprint density at radius 3 is 2.50 bits per heavy atom. The van der Waals surface area contributed by atoms with Crippen LogP contribution in [0, 0.1) is 17.2 Å². The van der Waals surface area contributed by atoms with Crippen molar-refractivity contribution in [2.45, 2.75) is 26.3 Å². The summed E-state index contributed by atoms with van der Waals surface area (Å²) in [5.74, 6) is -2.72. The van der Waals surface area contributed by atoms with Crippen molar-refractivity contribution in [3.05, 3.63) is 29.8 Å². The number of nitrogens with zero attached hydrogens (tertiary/aromatic N) is 1. The third-order valence-corrected chi connectivity index (χ3v) is 3.02. The number of rotatable bonds is 6. The summed E-state index contributed by atoms with van der Waals surface area (Å²) < 4.78 is 0. The number of anilines is 1. The van der Waals surface area contributed by atoms with Gasteiger partial charge in [-0.3, -0.25) is 9.59 Å². The fraction of sp³-hybridized carbons (Fsp3) is 0.333. The van der Waals surface area contributed by atoms with Crippen LogP contribution >= 0.6 is 0 Å². The van der Waals surface area contributed by atoms with E-state index in [0.29, 0.717) is 5.69 Å². The Bertz CT molecular complexity index is 621. The fourth-order valence-electron chi connectivity index (χ4n) is 1.91. The zero-order chi connectivity index (χ0) is 16.7. The molecule has 0 heterocycles. The van der Waals surface area contributed by atoms with Gasteiger partial charge in [0.1, 0.15) is 6.04 Å². The summed E-state index contributed by atoms with van der Waals surface area (Å²) in [6.07, 6.45) is 0.00455. The summed E-state index contributed by atoms with van der Waals surface area (Å²) in [5.41, 5.74) is 0.456. The van der Waals surface area contributed by atoms with Crippen molar-refractivity contribution in [3.8, 4) is 6.07 Å². The van der Waals surface area contributed by atoms with Crippen LogP contribution in [0.15, 0.2) is 24.3 Å². The minimum atomic E-state index is -1.21. The van der Waals surface area contributed by atoms with Crippen LogP contribution in [0.5, 0.6) is 0 Å². The number of nitrogens with one attached hydrogen (secondary N) is 2. The number of para-hydroxylation sites is 1. The Kier molecular flexibility index (Phi) is 6.08. The zero-order valence-electron chi connectivity index (χ0n) is 12.3. The lowest BCUT2D eigenvalue weighted by atomic mass is 9.98. The number of carbonyl (C=O) groups excluding carboxylic acids is 2. The van der Waals surface area contributed by atoms with Gasteiger partial charge in [0.15, 0.2) is 0 Å². The van der Waals surface area contributed by atoms with E-state index in [1.807, 2.05) is 6.07 Å². The lowest BCUT2D eigenvalue weighted by molar-refractivity contribution is -0.140. The molecule has 3 N–H and O–H groups in total. The van der Waals surface area contributed by atoms with Crippen LogP contribution in [0.1, 0.15) is 30.6 Å². The van der Waals surface area contributed by atoms with Gasteiger partial charge in [0.2, 0.25) is 5.91 Å². The van der Waals surface area contributed by atoms with Crippen molar-refractivity contribution >= 4 is 23.5 Å². The van der Waals surface area contributed by atoms with E-state index >= 15 is 0 Å². The summed E-state index contributed by atoms with van der Waals surface area (Å²) in [5, 5.41) is 22.7. The molecular formula is C15H17N3O4. The molecule has 2 amide bonds. The third-order valence-electron chi connectivity index (χ3n) is 3.02. The van der Waals surface area contributed by atoms with Gasteiger partial charge < -0.3 is 15.7 Å². The molecule has 7 nitrogen and oxygen atoms in total. The van der Waals surface area contributed by atoms with Crippen LogP contribution < -0.4 is 10.6 Å². The molecule has 0 aromatic heterocycles. The number of carbonyl (C=O) groups is 3. The Labute approximate surface area is 127 Å². The summed E-state index contributed by atoms with van der Waals surface area (Å²) in [6, 6.07) is 6.98. The molecule has 2 atom stereocenters. The molecule has 0 saturated carbocycles. The zero-order valence-corrected chi connectivity index (χ0v) is 12.3. The molecule has 0 radical (unpaired) electrons. The average Bonchev–Trinajstić information content (AvgIpc) is 2.44. The number of hydrogen-bond donors (Lipinski definition) is 3. The smallest absolute Gasteiger partial charge is 0.326 e. The van der Waals surface area contributed by atoms with E-state index in [1.165, 1.54) is 13.0 Å². The molecule has 7 heteroatoms. The van der Waals surface area contributed by atoms with Crippen molar-refractivity contribution in [2.24, 2.45) is 5.92 Å². The van der Waals surface area contributed by atoms with Crippen molar-refractivity contribution in [3.63, 3.8) is 0 Å². The number of carboxylic acids is 1. The van der Waals surface area contributed by atoms with Gasteiger partial charge in [0.05, 0.1) is 17.3 Å². The highest BCUT2D eigenvalue weighted by molar-refractivity contribution is 6.04. The molecule has 0 spiro atoms. The lowest BCUT2D eigenvalue weighted by Gasteiger charge is -2.20. The largest absolute Gasteiger partial charge is 0.480 e. The number of amides is 2. The predicted molar refractivity (Wildman–Crippen MR) is 79.0 cm³/mol. The first kappa shape index (κ1) is 17.2. The second kappa shape index (κ2) is 7.78. The Morgan fingerprint density at radius 2 is 1.95 bits per heavy atom. The second-order valence-electron chi connectivity index (χ2n) is 4.86. The summed E-state index contributed by atoms with van der Waals surface area (Å²) in [7, 11) is 0. The van der Waals surface area contributed by atoms with Crippen LogP contribution in [0.25, 0.3) is 0 Å². The van der Waals surface area contributed by atoms with E-state index in [4.69, 9.17) is 5.26 Å². The summed E-state index contributed by atoms with van der Waals surface area (Å²) in [4.78, 5) is 34.7. The summed E-state index contributed by atoms with van der Waals surface area (Å²) >= 11 is 0. The third kappa shape index (κ3) is 4.59. The van der Waals surface area contributed by atoms with E-state index in [2.05, 4.69) is 10.6 Å². The first-order valence-electron chi connectivity index (χ1n) is 6.64. The molecule has 22 heavy (non-hydrogen) atoms. The van der Waals surface area contributed by atoms with Crippen LogP contribution in [0.4, 0.5) is 5.69 Å². The molecule has 0 aliphatic heterocycles.